The van der Waals surface area contributed by atoms with Crippen LogP contribution in [0.15, 0.2) is 0 Å². The Morgan fingerprint density at radius 1 is 1.44 bits per heavy atom. The molecular formula is C13H23NO4. The van der Waals surface area contributed by atoms with Crippen molar-refractivity contribution < 1.29 is 19.4 Å². The Hall–Kier alpha value is -0.810. The van der Waals surface area contributed by atoms with E-state index in [0.29, 0.717) is 19.8 Å². The van der Waals surface area contributed by atoms with E-state index < -0.39 is 17.2 Å². The number of nitrogens with zero attached hydrogens (tertiary/aromatic N) is 1. The molecule has 2 saturated heterocycles. The van der Waals surface area contributed by atoms with Crippen LogP contribution < -0.4 is 0 Å². The second-order valence-corrected chi connectivity index (χ2v) is 6.22. The Bertz CT molecular complexity index is 325. The van der Waals surface area contributed by atoms with Crippen molar-refractivity contribution in [3.8, 4) is 0 Å². The van der Waals surface area contributed by atoms with Crippen molar-refractivity contribution in [3.63, 3.8) is 0 Å². The number of piperidine rings is 1. The van der Waals surface area contributed by atoms with Crippen molar-refractivity contribution >= 4 is 6.09 Å². The third-order valence-electron chi connectivity index (χ3n) is 3.64. The highest BCUT2D eigenvalue weighted by Crippen LogP contribution is 2.36. The molecule has 5 heteroatoms. The summed E-state index contributed by atoms with van der Waals surface area (Å²) in [6.07, 6.45) is 1.80. The third kappa shape index (κ3) is 2.47. The molecule has 2 rings (SSSR count). The number of aliphatic hydroxyl groups excluding tert-OH is 1. The normalized spacial score (nSPS) is 32.9. The fraction of sp³-hybridized carbons (Fsp3) is 0.923. The molecule has 2 atom stereocenters. The third-order valence-corrected chi connectivity index (χ3v) is 3.64. The Balaban J connectivity index is 2.16. The first-order valence-corrected chi connectivity index (χ1v) is 6.62. The summed E-state index contributed by atoms with van der Waals surface area (Å²) < 4.78 is 10.8. The molecule has 18 heavy (non-hydrogen) atoms. The Kier molecular flexibility index (Phi) is 3.56. The van der Waals surface area contributed by atoms with E-state index in [2.05, 4.69) is 0 Å². The molecule has 5 nitrogen and oxygen atoms in total. The van der Waals surface area contributed by atoms with Gasteiger partial charge in [-0.2, -0.15) is 0 Å². The van der Waals surface area contributed by atoms with Crippen LogP contribution in [0, 0.1) is 0 Å². The van der Waals surface area contributed by atoms with E-state index in [9.17, 15) is 9.90 Å². The first-order chi connectivity index (χ1) is 8.35. The van der Waals surface area contributed by atoms with Gasteiger partial charge in [-0.25, -0.2) is 4.79 Å². The number of hydrogen-bond acceptors (Lipinski definition) is 4. The van der Waals surface area contributed by atoms with Crippen LogP contribution in [0.25, 0.3) is 0 Å². The molecule has 0 aromatic heterocycles. The first kappa shape index (κ1) is 13.6. The van der Waals surface area contributed by atoms with Crippen molar-refractivity contribution in [2.75, 3.05) is 19.8 Å². The van der Waals surface area contributed by atoms with Crippen molar-refractivity contribution in [1.82, 2.24) is 4.90 Å². The molecule has 2 unspecified atom stereocenters. The lowest BCUT2D eigenvalue weighted by Gasteiger charge is -2.45. The van der Waals surface area contributed by atoms with Gasteiger partial charge in [0.2, 0.25) is 0 Å². The zero-order chi connectivity index (χ0) is 13.4. The molecule has 104 valence electrons. The molecule has 2 aliphatic heterocycles. The molecule has 2 aliphatic rings. The molecule has 0 radical (unpaired) electrons. The summed E-state index contributed by atoms with van der Waals surface area (Å²) in [5, 5.41) is 10.1. The summed E-state index contributed by atoms with van der Waals surface area (Å²) >= 11 is 0. The van der Waals surface area contributed by atoms with E-state index in [4.69, 9.17) is 9.47 Å². The predicted molar refractivity (Wildman–Crippen MR) is 66.3 cm³/mol. The van der Waals surface area contributed by atoms with Gasteiger partial charge in [0.25, 0.3) is 0 Å². The predicted octanol–water partition coefficient (Wildman–Crippen LogP) is 1.54. The number of rotatable bonds is 0. The lowest BCUT2D eigenvalue weighted by Crippen LogP contribution is -2.61. The van der Waals surface area contributed by atoms with E-state index in [-0.39, 0.29) is 6.09 Å². The second kappa shape index (κ2) is 4.70. The van der Waals surface area contributed by atoms with E-state index in [0.717, 1.165) is 19.3 Å². The molecule has 1 spiro atoms. The molecule has 0 aromatic carbocycles. The van der Waals surface area contributed by atoms with Gasteiger partial charge in [-0.15, -0.1) is 0 Å². The smallest absolute Gasteiger partial charge is 0.410 e. The molecule has 2 heterocycles. The van der Waals surface area contributed by atoms with Gasteiger partial charge in [-0.3, -0.25) is 4.90 Å². The van der Waals surface area contributed by atoms with Gasteiger partial charge in [0.05, 0.1) is 18.8 Å². The highest BCUT2D eigenvalue weighted by molar-refractivity contribution is 5.69. The number of hydrogen-bond donors (Lipinski definition) is 1. The van der Waals surface area contributed by atoms with Crippen LogP contribution in [0.3, 0.4) is 0 Å². The molecule has 0 saturated carbocycles. The van der Waals surface area contributed by atoms with Crippen LogP contribution in [-0.4, -0.2) is 53.1 Å². The van der Waals surface area contributed by atoms with Gasteiger partial charge in [0, 0.05) is 6.54 Å². The van der Waals surface area contributed by atoms with E-state index in [1.165, 1.54) is 0 Å². The van der Waals surface area contributed by atoms with E-state index in [1.807, 2.05) is 20.8 Å². The average Bonchev–Trinajstić information content (AvgIpc) is 2.59. The largest absolute Gasteiger partial charge is 0.444 e. The zero-order valence-corrected chi connectivity index (χ0v) is 11.4. The SMILES string of the molecule is CC(C)(C)OC(=O)N1CCCCC12COCC2O. The fourth-order valence-corrected chi connectivity index (χ4v) is 2.74. The average molecular weight is 257 g/mol. The van der Waals surface area contributed by atoms with Gasteiger partial charge >= 0.3 is 6.09 Å². The molecular weight excluding hydrogens is 234 g/mol. The summed E-state index contributed by atoms with van der Waals surface area (Å²) in [5.74, 6) is 0. The highest BCUT2D eigenvalue weighted by Gasteiger charge is 2.51. The van der Waals surface area contributed by atoms with Gasteiger partial charge < -0.3 is 14.6 Å². The number of ether oxygens (including phenoxy) is 2. The van der Waals surface area contributed by atoms with E-state index in [1.54, 1.807) is 4.90 Å². The minimum atomic E-state index is -0.606. The number of amides is 1. The fourth-order valence-electron chi connectivity index (χ4n) is 2.74. The van der Waals surface area contributed by atoms with Crippen LogP contribution >= 0.6 is 0 Å². The summed E-state index contributed by atoms with van der Waals surface area (Å²) in [6, 6.07) is 0. The Labute approximate surface area is 108 Å². The van der Waals surface area contributed by atoms with Gasteiger partial charge in [-0.05, 0) is 40.0 Å². The highest BCUT2D eigenvalue weighted by atomic mass is 16.6. The minimum Gasteiger partial charge on any atom is -0.444 e. The molecule has 0 bridgehead atoms. The quantitative estimate of drug-likeness (QED) is 0.715. The molecule has 2 fully saturated rings. The van der Waals surface area contributed by atoms with Gasteiger partial charge in [0.15, 0.2) is 0 Å². The maximum atomic E-state index is 12.3. The topological polar surface area (TPSA) is 59.0 Å². The molecule has 1 amide bonds. The standard InChI is InChI=1S/C13H23NO4/c1-12(2,3)18-11(16)14-7-5-4-6-13(14)9-17-8-10(13)15/h10,15H,4-9H2,1-3H3. The Morgan fingerprint density at radius 3 is 2.72 bits per heavy atom. The maximum absolute atomic E-state index is 12.3. The van der Waals surface area contributed by atoms with Crippen LogP contribution in [0.5, 0.6) is 0 Å². The number of likely N-dealkylation sites (tertiary alicyclic amines) is 1. The van der Waals surface area contributed by atoms with E-state index >= 15 is 0 Å². The number of carbonyl (C=O) groups excluding carboxylic acids is 1. The van der Waals surface area contributed by atoms with Crippen molar-refractivity contribution in [3.05, 3.63) is 0 Å². The number of aliphatic hydroxyl groups is 1. The summed E-state index contributed by atoms with van der Waals surface area (Å²) in [6.45, 7) is 6.90. The van der Waals surface area contributed by atoms with Crippen LogP contribution in [0.2, 0.25) is 0 Å². The van der Waals surface area contributed by atoms with Crippen molar-refractivity contribution in [2.45, 2.75) is 57.3 Å². The summed E-state index contributed by atoms with van der Waals surface area (Å²) in [4.78, 5) is 13.9. The molecule has 0 aliphatic carbocycles. The monoisotopic (exact) mass is 257 g/mol. The lowest BCUT2D eigenvalue weighted by atomic mass is 9.84. The summed E-state index contributed by atoms with van der Waals surface area (Å²) in [5.41, 5.74) is -1.08. The minimum absolute atomic E-state index is 0.305. The zero-order valence-electron chi connectivity index (χ0n) is 11.4. The van der Waals surface area contributed by atoms with Crippen molar-refractivity contribution in [1.29, 1.82) is 0 Å². The van der Waals surface area contributed by atoms with Crippen LogP contribution in [0.1, 0.15) is 40.0 Å². The molecule has 0 aromatic rings. The van der Waals surface area contributed by atoms with Crippen LogP contribution in [-0.2, 0) is 9.47 Å². The van der Waals surface area contributed by atoms with Crippen LogP contribution in [0.4, 0.5) is 4.79 Å². The lowest BCUT2D eigenvalue weighted by molar-refractivity contribution is -0.0473. The molecule has 1 N–H and O–H groups in total. The summed E-state index contributed by atoms with van der Waals surface area (Å²) in [7, 11) is 0. The van der Waals surface area contributed by atoms with Gasteiger partial charge in [-0.1, -0.05) is 0 Å². The first-order valence-electron chi connectivity index (χ1n) is 6.62. The number of carbonyl (C=O) groups is 1. The second-order valence-electron chi connectivity index (χ2n) is 6.22. The van der Waals surface area contributed by atoms with Gasteiger partial charge in [0.1, 0.15) is 11.7 Å². The Morgan fingerprint density at radius 2 is 2.17 bits per heavy atom. The maximum Gasteiger partial charge on any atom is 0.410 e. The van der Waals surface area contributed by atoms with Crippen molar-refractivity contribution in [2.24, 2.45) is 0 Å².